The third kappa shape index (κ3) is 2.85. The summed E-state index contributed by atoms with van der Waals surface area (Å²) in [6.07, 6.45) is 6.86. The van der Waals surface area contributed by atoms with E-state index in [1.54, 1.807) is 0 Å². The van der Waals surface area contributed by atoms with Crippen molar-refractivity contribution in [2.24, 2.45) is 11.8 Å². The molecular formula is C17H23ClN2. The van der Waals surface area contributed by atoms with Gasteiger partial charge in [0.2, 0.25) is 0 Å². The van der Waals surface area contributed by atoms with Crippen molar-refractivity contribution in [3.63, 3.8) is 0 Å². The maximum atomic E-state index is 6.06. The maximum Gasteiger partial charge on any atom is 0.124 e. The van der Waals surface area contributed by atoms with Crippen molar-refractivity contribution in [2.75, 3.05) is 0 Å². The summed E-state index contributed by atoms with van der Waals surface area (Å²) in [5, 5.41) is 0. The van der Waals surface area contributed by atoms with Gasteiger partial charge in [-0.3, -0.25) is 0 Å². The number of hydrogen-bond donors (Lipinski definition) is 0. The molecule has 1 fully saturated rings. The molecule has 2 nitrogen and oxygen atoms in total. The zero-order valence-electron chi connectivity index (χ0n) is 12.2. The molecule has 0 radical (unpaired) electrons. The summed E-state index contributed by atoms with van der Waals surface area (Å²) in [5.74, 6) is 3.29. The first-order chi connectivity index (χ1) is 9.78. The summed E-state index contributed by atoms with van der Waals surface area (Å²) in [6.45, 7) is 3.45. The second kappa shape index (κ2) is 6.17. The summed E-state index contributed by atoms with van der Waals surface area (Å²) in [6, 6.07) is 8.36. The highest BCUT2D eigenvalue weighted by molar-refractivity contribution is 6.16. The lowest BCUT2D eigenvalue weighted by Gasteiger charge is -2.27. The first-order valence-electron chi connectivity index (χ1n) is 7.78. The largest absolute Gasteiger partial charge is 0.327 e. The van der Waals surface area contributed by atoms with Crippen molar-refractivity contribution in [2.45, 2.75) is 51.5 Å². The number of alkyl halides is 1. The first kappa shape index (κ1) is 13.9. The SMILES string of the molecule is CC1CCCC(CCn2c(CCl)nc3ccccc32)C1. The summed E-state index contributed by atoms with van der Waals surface area (Å²) in [5.41, 5.74) is 2.30. The molecule has 2 unspecified atom stereocenters. The lowest BCUT2D eigenvalue weighted by Crippen LogP contribution is -2.16. The zero-order valence-corrected chi connectivity index (χ0v) is 12.9. The molecule has 0 aliphatic heterocycles. The Balaban J connectivity index is 1.76. The van der Waals surface area contributed by atoms with Gasteiger partial charge in [-0.05, 0) is 36.8 Å². The van der Waals surface area contributed by atoms with Gasteiger partial charge >= 0.3 is 0 Å². The van der Waals surface area contributed by atoms with Gasteiger partial charge in [0.1, 0.15) is 5.82 Å². The molecule has 1 aromatic carbocycles. The van der Waals surface area contributed by atoms with Crippen molar-refractivity contribution in [3.05, 3.63) is 30.1 Å². The second-order valence-electron chi connectivity index (χ2n) is 6.23. The monoisotopic (exact) mass is 290 g/mol. The lowest BCUT2D eigenvalue weighted by atomic mass is 9.81. The molecule has 3 rings (SSSR count). The number of halogens is 1. The lowest BCUT2D eigenvalue weighted by molar-refractivity contribution is 0.261. The highest BCUT2D eigenvalue weighted by Crippen LogP contribution is 2.31. The van der Waals surface area contributed by atoms with Crippen LogP contribution in [-0.2, 0) is 12.4 Å². The van der Waals surface area contributed by atoms with Gasteiger partial charge in [0, 0.05) is 6.54 Å². The molecule has 1 heterocycles. The predicted octanol–water partition coefficient (Wildman–Crippen LogP) is 4.99. The highest BCUT2D eigenvalue weighted by Gasteiger charge is 2.19. The molecule has 0 N–H and O–H groups in total. The van der Waals surface area contributed by atoms with Gasteiger partial charge in [-0.15, -0.1) is 11.6 Å². The Bertz CT molecular complexity index is 575. The molecule has 108 valence electrons. The van der Waals surface area contributed by atoms with Crippen molar-refractivity contribution >= 4 is 22.6 Å². The minimum absolute atomic E-state index is 0.496. The number of aromatic nitrogens is 2. The molecule has 2 atom stereocenters. The van der Waals surface area contributed by atoms with Crippen LogP contribution in [0.5, 0.6) is 0 Å². The molecule has 1 aromatic heterocycles. The zero-order chi connectivity index (χ0) is 13.9. The van der Waals surface area contributed by atoms with Crippen molar-refractivity contribution in [3.8, 4) is 0 Å². The van der Waals surface area contributed by atoms with Crippen LogP contribution in [0.1, 0.15) is 44.9 Å². The molecule has 0 saturated heterocycles. The third-order valence-electron chi connectivity index (χ3n) is 4.66. The standard InChI is InChI=1S/C17H23ClN2/c1-13-5-4-6-14(11-13)9-10-20-16-8-3-2-7-15(16)19-17(20)12-18/h2-3,7-8,13-14H,4-6,9-12H2,1H3. The van der Waals surface area contributed by atoms with Crippen LogP contribution in [0.25, 0.3) is 11.0 Å². The number of rotatable bonds is 4. The van der Waals surface area contributed by atoms with Crippen LogP contribution < -0.4 is 0 Å². The van der Waals surface area contributed by atoms with Gasteiger partial charge in [0.15, 0.2) is 0 Å². The van der Waals surface area contributed by atoms with Crippen LogP contribution in [0.15, 0.2) is 24.3 Å². The van der Waals surface area contributed by atoms with Crippen LogP contribution in [0.4, 0.5) is 0 Å². The molecule has 0 amide bonds. The van der Waals surface area contributed by atoms with E-state index in [1.165, 1.54) is 37.6 Å². The summed E-state index contributed by atoms with van der Waals surface area (Å²) in [7, 11) is 0. The van der Waals surface area contributed by atoms with Crippen LogP contribution in [0.3, 0.4) is 0 Å². The Hall–Kier alpha value is -1.02. The van der Waals surface area contributed by atoms with Gasteiger partial charge in [-0.1, -0.05) is 38.3 Å². The van der Waals surface area contributed by atoms with Crippen molar-refractivity contribution in [1.29, 1.82) is 0 Å². The average Bonchev–Trinajstić information content (AvgIpc) is 2.83. The molecular weight excluding hydrogens is 268 g/mol. The van der Waals surface area contributed by atoms with Crippen LogP contribution in [-0.4, -0.2) is 9.55 Å². The van der Waals surface area contributed by atoms with E-state index >= 15 is 0 Å². The van der Waals surface area contributed by atoms with Gasteiger partial charge in [0.25, 0.3) is 0 Å². The topological polar surface area (TPSA) is 17.8 Å². The fraction of sp³-hybridized carbons (Fsp3) is 0.588. The Kier molecular flexibility index (Phi) is 4.30. The van der Waals surface area contributed by atoms with E-state index in [1.807, 2.05) is 6.07 Å². The third-order valence-corrected chi connectivity index (χ3v) is 4.90. The first-order valence-corrected chi connectivity index (χ1v) is 8.31. The second-order valence-corrected chi connectivity index (χ2v) is 6.50. The van der Waals surface area contributed by atoms with Gasteiger partial charge in [-0.2, -0.15) is 0 Å². The number of imidazole rings is 1. The quantitative estimate of drug-likeness (QED) is 0.725. The van der Waals surface area contributed by atoms with Gasteiger partial charge in [0.05, 0.1) is 16.9 Å². The molecule has 2 aromatic rings. The Morgan fingerprint density at radius 1 is 1.30 bits per heavy atom. The van der Waals surface area contributed by atoms with E-state index in [0.29, 0.717) is 5.88 Å². The van der Waals surface area contributed by atoms with E-state index in [9.17, 15) is 0 Å². The average molecular weight is 291 g/mol. The summed E-state index contributed by atoms with van der Waals surface area (Å²) < 4.78 is 2.32. The fourth-order valence-corrected chi connectivity index (χ4v) is 3.81. The number of aryl methyl sites for hydroxylation is 1. The van der Waals surface area contributed by atoms with E-state index in [-0.39, 0.29) is 0 Å². The summed E-state index contributed by atoms with van der Waals surface area (Å²) in [4.78, 5) is 4.64. The molecule has 20 heavy (non-hydrogen) atoms. The predicted molar refractivity (Wildman–Crippen MR) is 85.0 cm³/mol. The Labute approximate surface area is 126 Å². The Morgan fingerprint density at radius 3 is 2.95 bits per heavy atom. The molecule has 1 aliphatic rings. The molecule has 3 heteroatoms. The smallest absolute Gasteiger partial charge is 0.124 e. The van der Waals surface area contributed by atoms with Crippen LogP contribution >= 0.6 is 11.6 Å². The fourth-order valence-electron chi connectivity index (χ4n) is 3.61. The number of nitrogens with zero attached hydrogens (tertiary/aromatic N) is 2. The normalized spacial score (nSPS) is 23.3. The Morgan fingerprint density at radius 2 is 2.15 bits per heavy atom. The van der Waals surface area contributed by atoms with E-state index in [0.717, 1.165) is 29.7 Å². The van der Waals surface area contributed by atoms with E-state index in [2.05, 4.69) is 34.7 Å². The molecule has 0 bridgehead atoms. The molecule has 1 aliphatic carbocycles. The summed E-state index contributed by atoms with van der Waals surface area (Å²) >= 11 is 6.06. The molecule has 1 saturated carbocycles. The number of fused-ring (bicyclic) bond motifs is 1. The van der Waals surface area contributed by atoms with Gasteiger partial charge < -0.3 is 4.57 Å². The number of para-hydroxylation sites is 2. The van der Waals surface area contributed by atoms with Crippen molar-refractivity contribution < 1.29 is 0 Å². The van der Waals surface area contributed by atoms with Crippen molar-refractivity contribution in [1.82, 2.24) is 9.55 Å². The van der Waals surface area contributed by atoms with E-state index < -0.39 is 0 Å². The van der Waals surface area contributed by atoms with Crippen LogP contribution in [0, 0.1) is 11.8 Å². The minimum atomic E-state index is 0.496. The molecule has 0 spiro atoms. The van der Waals surface area contributed by atoms with Gasteiger partial charge in [-0.25, -0.2) is 4.98 Å². The maximum absolute atomic E-state index is 6.06. The minimum Gasteiger partial charge on any atom is -0.327 e. The number of hydrogen-bond acceptors (Lipinski definition) is 1. The van der Waals surface area contributed by atoms with Crippen LogP contribution in [0.2, 0.25) is 0 Å². The van der Waals surface area contributed by atoms with E-state index in [4.69, 9.17) is 11.6 Å². The highest BCUT2D eigenvalue weighted by atomic mass is 35.5. The number of benzene rings is 1.